The van der Waals surface area contributed by atoms with Crippen molar-refractivity contribution in [3.8, 4) is 0 Å². The van der Waals surface area contributed by atoms with Gasteiger partial charge in [-0.05, 0) is 17.6 Å². The topological polar surface area (TPSA) is 79.7 Å². The van der Waals surface area contributed by atoms with Crippen LogP contribution in [0.5, 0.6) is 0 Å². The summed E-state index contributed by atoms with van der Waals surface area (Å²) in [6, 6.07) is 1.52. The first kappa shape index (κ1) is 12.3. The number of carbonyl (C=O) groups is 2. The minimum absolute atomic E-state index is 0.216. The molecule has 1 rings (SSSR count). The quantitative estimate of drug-likeness (QED) is 0.467. The minimum atomic E-state index is -1.24. The predicted octanol–water partition coefficient (Wildman–Crippen LogP) is 0.788. The average Bonchev–Trinajstić information content (AvgIpc) is 2.77. The van der Waals surface area contributed by atoms with Crippen molar-refractivity contribution in [3.63, 3.8) is 0 Å². The van der Waals surface area contributed by atoms with E-state index in [2.05, 4.69) is 4.37 Å². The molecule has 1 heterocycles. The lowest BCUT2D eigenvalue weighted by atomic mass is 10.2. The van der Waals surface area contributed by atoms with Crippen molar-refractivity contribution >= 4 is 23.3 Å². The molecule has 0 spiro atoms. The van der Waals surface area contributed by atoms with Gasteiger partial charge in [-0.1, -0.05) is 0 Å². The highest BCUT2D eigenvalue weighted by Gasteiger charge is 2.16. The van der Waals surface area contributed by atoms with E-state index in [9.17, 15) is 9.59 Å². The number of hydroxylamine groups is 2. The Balaban J connectivity index is 2.95. The number of carboxylic acid groups (broad SMARTS) is 1. The van der Waals surface area contributed by atoms with Gasteiger partial charge in [-0.25, -0.2) is 4.79 Å². The van der Waals surface area contributed by atoms with Crippen LogP contribution in [0.2, 0.25) is 0 Å². The van der Waals surface area contributed by atoms with Crippen LogP contribution >= 0.6 is 11.5 Å². The van der Waals surface area contributed by atoms with Crippen molar-refractivity contribution in [2.24, 2.45) is 0 Å². The fourth-order valence-electron chi connectivity index (χ4n) is 0.923. The number of aliphatic carboxylic acids is 1. The number of likely N-dealkylation sites (N-methyl/N-ethyl adjacent to an activating group) is 1. The minimum Gasteiger partial charge on any atom is -0.477 e. The highest BCUT2D eigenvalue weighted by Crippen LogP contribution is 2.07. The standard InChI is InChI=1S/C9H10N2O4S/c1-11(15-2)7(9(13)14)5-8(12)6-3-4-16-10-6/h3-5H,1-2H3,(H,13,14)/b7-5+. The van der Waals surface area contributed by atoms with Crippen LogP contribution in [0.25, 0.3) is 0 Å². The van der Waals surface area contributed by atoms with E-state index in [1.54, 1.807) is 5.38 Å². The summed E-state index contributed by atoms with van der Waals surface area (Å²) in [7, 11) is 2.71. The normalized spacial score (nSPS) is 11.2. The fourth-order valence-corrected chi connectivity index (χ4v) is 1.44. The van der Waals surface area contributed by atoms with Crippen LogP contribution in [0.4, 0.5) is 0 Å². The number of hydrogen-bond donors (Lipinski definition) is 1. The summed E-state index contributed by atoms with van der Waals surface area (Å²) in [6.45, 7) is 0. The van der Waals surface area contributed by atoms with Crippen LogP contribution in [0.15, 0.2) is 23.2 Å². The van der Waals surface area contributed by atoms with Crippen molar-refractivity contribution < 1.29 is 19.5 Å². The van der Waals surface area contributed by atoms with Gasteiger partial charge in [0.1, 0.15) is 5.69 Å². The van der Waals surface area contributed by atoms with Gasteiger partial charge in [0.15, 0.2) is 5.70 Å². The number of nitrogens with zero attached hydrogens (tertiary/aromatic N) is 2. The second-order valence-electron chi connectivity index (χ2n) is 2.76. The number of carboxylic acids is 1. The van der Waals surface area contributed by atoms with Gasteiger partial charge >= 0.3 is 5.97 Å². The molecule has 0 unspecified atom stereocenters. The summed E-state index contributed by atoms with van der Waals surface area (Å²) in [5.74, 6) is -1.71. The van der Waals surface area contributed by atoms with Crippen molar-refractivity contribution in [2.45, 2.75) is 0 Å². The number of aromatic nitrogens is 1. The van der Waals surface area contributed by atoms with Crippen molar-refractivity contribution in [2.75, 3.05) is 14.2 Å². The van der Waals surface area contributed by atoms with Gasteiger partial charge in [0.2, 0.25) is 5.78 Å². The number of carbonyl (C=O) groups excluding carboxylic acids is 1. The van der Waals surface area contributed by atoms with Crippen LogP contribution in [0, 0.1) is 0 Å². The van der Waals surface area contributed by atoms with E-state index in [4.69, 9.17) is 9.94 Å². The highest BCUT2D eigenvalue weighted by atomic mass is 32.1. The molecule has 6 nitrogen and oxygen atoms in total. The zero-order valence-corrected chi connectivity index (χ0v) is 9.52. The Morgan fingerprint density at radius 1 is 1.62 bits per heavy atom. The Bertz CT molecular complexity index is 413. The molecule has 0 saturated carbocycles. The maximum Gasteiger partial charge on any atom is 0.354 e. The Labute approximate surface area is 95.9 Å². The molecule has 1 N–H and O–H groups in total. The highest BCUT2D eigenvalue weighted by molar-refractivity contribution is 7.03. The molecule has 0 radical (unpaired) electrons. The molecule has 0 amide bonds. The van der Waals surface area contributed by atoms with Gasteiger partial charge in [-0.3, -0.25) is 14.7 Å². The zero-order chi connectivity index (χ0) is 12.1. The summed E-state index contributed by atoms with van der Waals surface area (Å²) in [5, 5.41) is 11.5. The molecule has 1 aromatic heterocycles. The van der Waals surface area contributed by atoms with Gasteiger partial charge in [0.05, 0.1) is 7.11 Å². The summed E-state index contributed by atoms with van der Waals surface area (Å²) >= 11 is 1.13. The first-order chi connectivity index (χ1) is 7.56. The van der Waals surface area contributed by atoms with E-state index in [0.717, 1.165) is 22.7 Å². The van der Waals surface area contributed by atoms with E-state index in [1.807, 2.05) is 0 Å². The smallest absolute Gasteiger partial charge is 0.354 e. The second-order valence-corrected chi connectivity index (χ2v) is 3.43. The maximum atomic E-state index is 11.6. The Hall–Kier alpha value is -1.73. The third kappa shape index (κ3) is 2.88. The summed E-state index contributed by atoms with van der Waals surface area (Å²) in [5.41, 5.74) is -0.0336. The predicted molar refractivity (Wildman–Crippen MR) is 56.9 cm³/mol. The molecule has 0 aromatic carbocycles. The number of allylic oxidation sites excluding steroid dienone is 1. The third-order valence-electron chi connectivity index (χ3n) is 1.79. The van der Waals surface area contributed by atoms with Gasteiger partial charge in [0, 0.05) is 18.5 Å². The van der Waals surface area contributed by atoms with E-state index < -0.39 is 11.8 Å². The summed E-state index contributed by atoms with van der Waals surface area (Å²) in [6.07, 6.45) is 0.973. The zero-order valence-electron chi connectivity index (χ0n) is 8.71. The van der Waals surface area contributed by atoms with Gasteiger partial charge < -0.3 is 5.11 Å². The molecule has 86 valence electrons. The summed E-state index contributed by atoms with van der Waals surface area (Å²) < 4.78 is 3.81. The first-order valence-electron chi connectivity index (χ1n) is 4.23. The Kier molecular flexibility index (Phi) is 4.15. The van der Waals surface area contributed by atoms with Crippen molar-refractivity contribution in [1.82, 2.24) is 9.44 Å². The maximum absolute atomic E-state index is 11.6. The van der Waals surface area contributed by atoms with E-state index in [-0.39, 0.29) is 11.4 Å². The largest absolute Gasteiger partial charge is 0.477 e. The lowest BCUT2D eigenvalue weighted by Gasteiger charge is -2.15. The Morgan fingerprint density at radius 3 is 2.75 bits per heavy atom. The molecular weight excluding hydrogens is 232 g/mol. The van der Waals surface area contributed by atoms with Crippen LogP contribution in [0.1, 0.15) is 10.5 Å². The number of hydrogen-bond acceptors (Lipinski definition) is 6. The lowest BCUT2D eigenvalue weighted by Crippen LogP contribution is -2.23. The van der Waals surface area contributed by atoms with Gasteiger partial charge in [0.25, 0.3) is 0 Å². The molecule has 0 atom stereocenters. The van der Waals surface area contributed by atoms with Crippen LogP contribution in [-0.2, 0) is 9.63 Å². The van der Waals surface area contributed by atoms with Crippen molar-refractivity contribution in [1.29, 1.82) is 0 Å². The number of ketones is 1. The molecule has 0 aliphatic carbocycles. The monoisotopic (exact) mass is 242 g/mol. The molecule has 0 aliphatic rings. The van der Waals surface area contributed by atoms with Crippen LogP contribution < -0.4 is 0 Å². The average molecular weight is 242 g/mol. The fraction of sp³-hybridized carbons (Fsp3) is 0.222. The molecule has 0 saturated heterocycles. The van der Waals surface area contributed by atoms with Gasteiger partial charge in [-0.15, -0.1) is 0 Å². The molecule has 0 bridgehead atoms. The lowest BCUT2D eigenvalue weighted by molar-refractivity contribution is -0.144. The molecule has 16 heavy (non-hydrogen) atoms. The SMILES string of the molecule is CON(C)/C(=C/C(=O)c1ccsn1)C(=O)O. The third-order valence-corrected chi connectivity index (χ3v) is 2.35. The van der Waals surface area contributed by atoms with E-state index in [0.29, 0.717) is 0 Å². The van der Waals surface area contributed by atoms with Crippen LogP contribution in [-0.4, -0.2) is 40.5 Å². The van der Waals surface area contributed by atoms with Crippen LogP contribution in [0.3, 0.4) is 0 Å². The Morgan fingerprint density at radius 2 is 2.31 bits per heavy atom. The molecule has 0 fully saturated rings. The van der Waals surface area contributed by atoms with Gasteiger partial charge in [-0.2, -0.15) is 4.37 Å². The molecule has 7 heteroatoms. The molecule has 1 aromatic rings. The summed E-state index contributed by atoms with van der Waals surface area (Å²) in [4.78, 5) is 27.1. The second kappa shape index (κ2) is 5.38. The van der Waals surface area contributed by atoms with E-state index in [1.165, 1.54) is 20.2 Å². The number of rotatable bonds is 5. The van der Waals surface area contributed by atoms with Crippen molar-refractivity contribution in [3.05, 3.63) is 28.9 Å². The molecular formula is C9H10N2O4S. The first-order valence-corrected chi connectivity index (χ1v) is 5.07. The molecule has 0 aliphatic heterocycles. The van der Waals surface area contributed by atoms with E-state index >= 15 is 0 Å².